The molecule has 0 aliphatic heterocycles. The van der Waals surface area contributed by atoms with Gasteiger partial charge < -0.3 is 10.1 Å². The van der Waals surface area contributed by atoms with Gasteiger partial charge >= 0.3 is 5.97 Å². The number of rotatable bonds is 9. The summed E-state index contributed by atoms with van der Waals surface area (Å²) in [5.41, 5.74) is 2.57. The highest BCUT2D eigenvalue weighted by Gasteiger charge is 2.25. The Kier molecular flexibility index (Phi) is 8.51. The summed E-state index contributed by atoms with van der Waals surface area (Å²) in [6, 6.07) is 8.42. The predicted molar refractivity (Wildman–Crippen MR) is 119 cm³/mol. The predicted octanol–water partition coefficient (Wildman–Crippen LogP) is 3.51. The molecule has 0 saturated carbocycles. The highest BCUT2D eigenvalue weighted by molar-refractivity contribution is 7.89. The van der Waals surface area contributed by atoms with E-state index in [9.17, 15) is 22.4 Å². The van der Waals surface area contributed by atoms with Crippen molar-refractivity contribution in [2.45, 2.75) is 45.6 Å². The average Bonchev–Trinajstić information content (AvgIpc) is 2.74. The zero-order valence-electron chi connectivity index (χ0n) is 18.9. The van der Waals surface area contributed by atoms with Crippen molar-refractivity contribution in [3.63, 3.8) is 0 Å². The molecule has 1 unspecified atom stereocenters. The first-order valence-corrected chi connectivity index (χ1v) is 11.8. The number of nitrogens with one attached hydrogen (secondary N) is 1. The number of nitrogens with zero attached hydrogens (tertiary/aromatic N) is 1. The Morgan fingerprint density at radius 2 is 1.72 bits per heavy atom. The number of carbonyl (C=O) groups is 2. The summed E-state index contributed by atoms with van der Waals surface area (Å²) in [6.07, 6.45) is 0. The van der Waals surface area contributed by atoms with Crippen molar-refractivity contribution in [2.24, 2.45) is 0 Å². The van der Waals surface area contributed by atoms with Gasteiger partial charge in [0.15, 0.2) is 6.61 Å². The lowest BCUT2D eigenvalue weighted by molar-refractivity contribution is -0.124. The number of hydrogen-bond acceptors (Lipinski definition) is 5. The van der Waals surface area contributed by atoms with Crippen LogP contribution in [0.15, 0.2) is 41.3 Å². The second-order valence-corrected chi connectivity index (χ2v) is 9.38. The van der Waals surface area contributed by atoms with E-state index in [1.807, 2.05) is 32.0 Å². The van der Waals surface area contributed by atoms with E-state index in [1.165, 1.54) is 4.31 Å². The largest absolute Gasteiger partial charge is 0.452 e. The van der Waals surface area contributed by atoms with Crippen LogP contribution in [0, 0.1) is 19.7 Å². The van der Waals surface area contributed by atoms with Crippen molar-refractivity contribution in [3.05, 3.63) is 64.5 Å². The van der Waals surface area contributed by atoms with Crippen molar-refractivity contribution in [1.82, 2.24) is 9.62 Å². The molecule has 0 radical (unpaired) electrons. The van der Waals surface area contributed by atoms with Gasteiger partial charge in [0.05, 0.1) is 16.5 Å². The molecule has 0 bridgehead atoms. The maximum Gasteiger partial charge on any atom is 0.341 e. The molecule has 2 aromatic carbocycles. The van der Waals surface area contributed by atoms with Crippen LogP contribution in [0.25, 0.3) is 0 Å². The van der Waals surface area contributed by atoms with Gasteiger partial charge in [-0.15, -0.1) is 0 Å². The van der Waals surface area contributed by atoms with Crippen LogP contribution in [0.1, 0.15) is 53.9 Å². The van der Waals surface area contributed by atoms with Gasteiger partial charge in [-0.25, -0.2) is 17.6 Å². The summed E-state index contributed by atoms with van der Waals surface area (Å²) in [4.78, 5) is 24.3. The number of carbonyl (C=O) groups excluding carboxylic acids is 2. The van der Waals surface area contributed by atoms with Gasteiger partial charge in [0.2, 0.25) is 10.0 Å². The maximum atomic E-state index is 14.2. The summed E-state index contributed by atoms with van der Waals surface area (Å²) < 4.78 is 45.6. The Balaban J connectivity index is 2.07. The normalized spacial score (nSPS) is 12.5. The van der Waals surface area contributed by atoms with Gasteiger partial charge in [0.25, 0.3) is 5.91 Å². The molecular formula is C23H29FN2O5S. The van der Waals surface area contributed by atoms with E-state index in [4.69, 9.17) is 4.74 Å². The third-order valence-electron chi connectivity index (χ3n) is 5.24. The molecule has 0 saturated heterocycles. The van der Waals surface area contributed by atoms with Crippen molar-refractivity contribution in [1.29, 1.82) is 0 Å². The quantitative estimate of drug-likeness (QED) is 0.574. The molecule has 2 aromatic rings. The molecule has 0 aliphatic rings. The van der Waals surface area contributed by atoms with Gasteiger partial charge in [-0.3, -0.25) is 4.79 Å². The van der Waals surface area contributed by atoms with Crippen molar-refractivity contribution in [3.8, 4) is 0 Å². The molecule has 1 atom stereocenters. The highest BCUT2D eigenvalue weighted by atomic mass is 32.2. The highest BCUT2D eigenvalue weighted by Crippen LogP contribution is 2.20. The van der Waals surface area contributed by atoms with E-state index in [1.54, 1.807) is 20.8 Å². The molecule has 2 rings (SSSR count). The molecule has 0 spiro atoms. The van der Waals surface area contributed by atoms with E-state index in [0.717, 1.165) is 34.9 Å². The van der Waals surface area contributed by atoms with E-state index in [0.29, 0.717) is 0 Å². The van der Waals surface area contributed by atoms with Crippen LogP contribution in [0.5, 0.6) is 0 Å². The second-order valence-electron chi connectivity index (χ2n) is 7.44. The summed E-state index contributed by atoms with van der Waals surface area (Å²) in [5.74, 6) is -2.61. The number of hydrogen-bond donors (Lipinski definition) is 1. The summed E-state index contributed by atoms with van der Waals surface area (Å²) in [6.45, 7) is 8.95. The van der Waals surface area contributed by atoms with E-state index < -0.39 is 39.9 Å². The van der Waals surface area contributed by atoms with Gasteiger partial charge in [-0.1, -0.05) is 32.0 Å². The molecule has 174 valence electrons. The van der Waals surface area contributed by atoms with Crippen LogP contribution < -0.4 is 5.32 Å². The van der Waals surface area contributed by atoms with Crippen molar-refractivity contribution >= 4 is 21.9 Å². The lowest BCUT2D eigenvalue weighted by Gasteiger charge is -2.19. The summed E-state index contributed by atoms with van der Waals surface area (Å²) in [7, 11) is -3.88. The summed E-state index contributed by atoms with van der Waals surface area (Å²) in [5, 5.41) is 2.72. The molecular weight excluding hydrogens is 435 g/mol. The lowest BCUT2D eigenvalue weighted by atomic mass is 10.0. The third kappa shape index (κ3) is 5.92. The van der Waals surface area contributed by atoms with Crippen LogP contribution in [0.3, 0.4) is 0 Å². The third-order valence-corrected chi connectivity index (χ3v) is 7.29. The number of amides is 1. The van der Waals surface area contributed by atoms with Gasteiger partial charge in [0.1, 0.15) is 5.82 Å². The van der Waals surface area contributed by atoms with Crippen LogP contribution in [-0.4, -0.2) is 44.3 Å². The fourth-order valence-electron chi connectivity index (χ4n) is 3.14. The first-order valence-electron chi connectivity index (χ1n) is 10.3. The molecule has 0 aromatic heterocycles. The Bertz CT molecular complexity index is 1100. The topological polar surface area (TPSA) is 92.8 Å². The Morgan fingerprint density at radius 3 is 2.31 bits per heavy atom. The van der Waals surface area contributed by atoms with Gasteiger partial charge in [-0.2, -0.15) is 4.31 Å². The minimum Gasteiger partial charge on any atom is -0.452 e. The molecule has 9 heteroatoms. The maximum absolute atomic E-state index is 14.2. The SMILES string of the molecule is CCN(CC)S(=O)(=O)c1ccc(F)c(C(=O)OCC(=O)NC(C)c2ccc(C)c(C)c2)c1. The first kappa shape index (κ1) is 25.5. The number of sulfonamides is 1. The van der Waals surface area contributed by atoms with Crippen molar-refractivity contribution in [2.75, 3.05) is 19.7 Å². The van der Waals surface area contributed by atoms with Gasteiger partial charge in [0, 0.05) is 13.1 Å². The Labute approximate surface area is 188 Å². The average molecular weight is 465 g/mol. The lowest BCUT2D eigenvalue weighted by Crippen LogP contribution is -2.32. The van der Waals surface area contributed by atoms with Crippen LogP contribution in [0.2, 0.25) is 0 Å². The van der Waals surface area contributed by atoms with Crippen LogP contribution in [-0.2, 0) is 19.6 Å². The molecule has 32 heavy (non-hydrogen) atoms. The number of esters is 1. The van der Waals surface area contributed by atoms with E-state index in [2.05, 4.69) is 5.32 Å². The monoisotopic (exact) mass is 464 g/mol. The smallest absolute Gasteiger partial charge is 0.341 e. The van der Waals surface area contributed by atoms with E-state index >= 15 is 0 Å². The Morgan fingerprint density at radius 1 is 1.06 bits per heavy atom. The van der Waals surface area contributed by atoms with E-state index in [-0.39, 0.29) is 24.0 Å². The Hall–Kier alpha value is -2.78. The molecule has 0 aliphatic carbocycles. The first-order chi connectivity index (χ1) is 15.0. The van der Waals surface area contributed by atoms with Crippen molar-refractivity contribution < 1.29 is 27.1 Å². The number of aryl methyl sites for hydroxylation is 2. The van der Waals surface area contributed by atoms with Crippen LogP contribution >= 0.6 is 0 Å². The minimum atomic E-state index is -3.88. The number of halogens is 1. The molecule has 1 N–H and O–H groups in total. The van der Waals surface area contributed by atoms with Gasteiger partial charge in [-0.05, 0) is 55.7 Å². The summed E-state index contributed by atoms with van der Waals surface area (Å²) >= 11 is 0. The molecule has 7 nitrogen and oxygen atoms in total. The van der Waals surface area contributed by atoms with Crippen LogP contribution in [0.4, 0.5) is 4.39 Å². The number of benzene rings is 2. The molecule has 0 heterocycles. The second kappa shape index (κ2) is 10.7. The number of ether oxygens (including phenoxy) is 1. The molecule has 1 amide bonds. The zero-order valence-corrected chi connectivity index (χ0v) is 19.8. The fraction of sp³-hybridized carbons (Fsp3) is 0.391. The molecule has 0 fully saturated rings. The fourth-order valence-corrected chi connectivity index (χ4v) is 4.63. The standard InChI is InChI=1S/C23H29FN2O5S/c1-6-26(7-2)32(29,30)19-10-11-21(24)20(13-19)23(28)31-14-22(27)25-17(5)18-9-8-15(3)16(4)12-18/h8-13,17H,6-7,14H2,1-5H3,(H,25,27). The zero-order chi connectivity index (χ0) is 24.1. The minimum absolute atomic E-state index is 0.220.